The van der Waals surface area contributed by atoms with E-state index in [9.17, 15) is 0 Å². The second kappa shape index (κ2) is 6.21. The zero-order valence-electron chi connectivity index (χ0n) is 11.2. The first kappa shape index (κ1) is 14.1. The topological polar surface area (TPSA) is 47.3 Å². The Morgan fingerprint density at radius 2 is 2.21 bits per heavy atom. The second-order valence-electron chi connectivity index (χ2n) is 4.53. The smallest absolute Gasteiger partial charge is 0.227 e. The molecule has 0 aliphatic rings. The van der Waals surface area contributed by atoms with Crippen molar-refractivity contribution in [2.24, 2.45) is 0 Å². The molecule has 0 aliphatic heterocycles. The fourth-order valence-corrected chi connectivity index (χ4v) is 2.03. The van der Waals surface area contributed by atoms with Crippen LogP contribution in [0.4, 0.5) is 0 Å². The largest absolute Gasteiger partial charge is 0.497 e. The average Bonchev–Trinajstić information content (AvgIpc) is 2.85. The van der Waals surface area contributed by atoms with Crippen molar-refractivity contribution in [1.82, 2.24) is 10.3 Å². The van der Waals surface area contributed by atoms with E-state index in [-0.39, 0.29) is 0 Å². The lowest BCUT2D eigenvalue weighted by molar-refractivity contribution is 0.414. The molecule has 0 atom stereocenters. The highest BCUT2D eigenvalue weighted by molar-refractivity contribution is 9.10. The van der Waals surface area contributed by atoms with Crippen molar-refractivity contribution in [2.75, 3.05) is 7.11 Å². The van der Waals surface area contributed by atoms with E-state index in [2.05, 4.69) is 40.1 Å². The van der Waals surface area contributed by atoms with Crippen LogP contribution in [0.5, 0.6) is 5.75 Å². The molecule has 1 N–H and O–H groups in total. The van der Waals surface area contributed by atoms with Gasteiger partial charge in [-0.3, -0.25) is 0 Å². The Bertz CT molecular complexity index is 552. The molecule has 4 nitrogen and oxygen atoms in total. The van der Waals surface area contributed by atoms with Crippen LogP contribution in [0.2, 0.25) is 0 Å². The lowest BCUT2D eigenvalue weighted by Crippen LogP contribution is -2.21. The number of nitrogens with one attached hydrogen (secondary N) is 1. The van der Waals surface area contributed by atoms with Crippen LogP contribution in [0, 0.1) is 0 Å². The van der Waals surface area contributed by atoms with Gasteiger partial charge in [-0.2, -0.15) is 0 Å². The second-order valence-corrected chi connectivity index (χ2v) is 5.38. The van der Waals surface area contributed by atoms with Gasteiger partial charge in [-0.05, 0) is 34.1 Å². The molecule has 0 amide bonds. The minimum absolute atomic E-state index is 0.420. The van der Waals surface area contributed by atoms with Crippen molar-refractivity contribution in [2.45, 2.75) is 26.4 Å². The van der Waals surface area contributed by atoms with Gasteiger partial charge in [0.1, 0.15) is 12.0 Å². The molecule has 1 heterocycles. The maximum atomic E-state index is 5.53. The summed E-state index contributed by atoms with van der Waals surface area (Å²) in [7, 11) is 1.64. The zero-order chi connectivity index (χ0) is 13.8. The number of halogens is 1. The summed E-state index contributed by atoms with van der Waals surface area (Å²) in [5, 5.41) is 3.30. The van der Waals surface area contributed by atoms with Crippen molar-refractivity contribution in [3.05, 3.63) is 34.6 Å². The van der Waals surface area contributed by atoms with E-state index in [4.69, 9.17) is 9.15 Å². The van der Waals surface area contributed by atoms with Gasteiger partial charge >= 0.3 is 0 Å². The summed E-state index contributed by atoms with van der Waals surface area (Å²) in [6.07, 6.45) is 1.68. The molecule has 1 aromatic heterocycles. The molecule has 0 radical (unpaired) electrons. The summed E-state index contributed by atoms with van der Waals surface area (Å²) >= 11 is 3.50. The summed E-state index contributed by atoms with van der Waals surface area (Å²) in [5.41, 5.74) is 1.77. The average molecular weight is 325 g/mol. The maximum absolute atomic E-state index is 5.53. The highest BCUT2D eigenvalue weighted by Gasteiger charge is 2.11. The molecule has 0 saturated heterocycles. The molecule has 5 heteroatoms. The van der Waals surface area contributed by atoms with Crippen molar-refractivity contribution in [3.63, 3.8) is 0 Å². The fourth-order valence-electron chi connectivity index (χ4n) is 1.62. The SMILES string of the molecule is COc1ccc(Br)c(-c2nc(CNC(C)C)co2)c1. The van der Waals surface area contributed by atoms with Crippen LogP contribution in [0.1, 0.15) is 19.5 Å². The predicted octanol–water partition coefficient (Wildman–Crippen LogP) is 3.61. The highest BCUT2D eigenvalue weighted by atomic mass is 79.9. The normalized spacial score (nSPS) is 11.0. The number of hydrogen-bond donors (Lipinski definition) is 1. The number of methoxy groups -OCH3 is 1. The van der Waals surface area contributed by atoms with E-state index in [0.29, 0.717) is 18.5 Å². The monoisotopic (exact) mass is 324 g/mol. The van der Waals surface area contributed by atoms with E-state index < -0.39 is 0 Å². The molecule has 0 bridgehead atoms. The van der Waals surface area contributed by atoms with Crippen LogP contribution >= 0.6 is 15.9 Å². The summed E-state index contributed by atoms with van der Waals surface area (Å²) in [6, 6.07) is 6.13. The predicted molar refractivity (Wildman–Crippen MR) is 78.2 cm³/mol. The number of benzene rings is 1. The van der Waals surface area contributed by atoms with Crippen LogP contribution in [-0.2, 0) is 6.54 Å². The van der Waals surface area contributed by atoms with Crippen molar-refractivity contribution < 1.29 is 9.15 Å². The molecular weight excluding hydrogens is 308 g/mol. The molecule has 0 saturated carbocycles. The van der Waals surface area contributed by atoms with Gasteiger partial charge in [0.05, 0.1) is 18.4 Å². The van der Waals surface area contributed by atoms with E-state index >= 15 is 0 Å². The maximum Gasteiger partial charge on any atom is 0.227 e. The number of aromatic nitrogens is 1. The van der Waals surface area contributed by atoms with Crippen LogP contribution in [0.15, 0.2) is 33.4 Å². The van der Waals surface area contributed by atoms with E-state index in [1.807, 2.05) is 18.2 Å². The third kappa shape index (κ3) is 3.58. The quantitative estimate of drug-likeness (QED) is 0.912. The van der Waals surface area contributed by atoms with Crippen molar-refractivity contribution in [1.29, 1.82) is 0 Å². The Morgan fingerprint density at radius 3 is 2.89 bits per heavy atom. The number of oxazole rings is 1. The first-order valence-corrected chi connectivity index (χ1v) is 6.91. The van der Waals surface area contributed by atoms with Crippen molar-refractivity contribution in [3.8, 4) is 17.2 Å². The molecule has 0 unspecified atom stereocenters. The number of nitrogens with zero attached hydrogens (tertiary/aromatic N) is 1. The van der Waals surface area contributed by atoms with Gasteiger partial charge in [0.2, 0.25) is 5.89 Å². The molecule has 19 heavy (non-hydrogen) atoms. The minimum atomic E-state index is 0.420. The van der Waals surface area contributed by atoms with E-state index in [1.54, 1.807) is 13.4 Å². The third-order valence-electron chi connectivity index (χ3n) is 2.65. The van der Waals surface area contributed by atoms with Gasteiger partial charge < -0.3 is 14.5 Å². The lowest BCUT2D eigenvalue weighted by Gasteiger charge is -2.05. The summed E-state index contributed by atoms with van der Waals surface area (Å²) in [4.78, 5) is 4.47. The molecule has 102 valence electrons. The Kier molecular flexibility index (Phi) is 4.61. The Hall–Kier alpha value is -1.33. The van der Waals surface area contributed by atoms with Crippen LogP contribution in [-0.4, -0.2) is 18.1 Å². The Morgan fingerprint density at radius 1 is 1.42 bits per heavy atom. The van der Waals surface area contributed by atoms with Gasteiger partial charge in [0, 0.05) is 17.1 Å². The molecule has 1 aromatic carbocycles. The van der Waals surface area contributed by atoms with Gasteiger partial charge in [-0.1, -0.05) is 13.8 Å². The Labute approximate surface area is 121 Å². The number of hydrogen-bond acceptors (Lipinski definition) is 4. The van der Waals surface area contributed by atoms with Crippen LogP contribution < -0.4 is 10.1 Å². The standard InChI is InChI=1S/C14H17BrN2O2/c1-9(2)16-7-10-8-19-14(17-10)12-6-11(18-3)4-5-13(12)15/h4-6,8-9,16H,7H2,1-3H3. The van der Waals surface area contributed by atoms with E-state index in [0.717, 1.165) is 21.5 Å². The molecular formula is C14H17BrN2O2. The number of ether oxygens (including phenoxy) is 1. The summed E-state index contributed by atoms with van der Waals surface area (Å²) in [5.74, 6) is 1.37. The molecule has 0 fully saturated rings. The lowest BCUT2D eigenvalue weighted by atomic mass is 10.2. The highest BCUT2D eigenvalue weighted by Crippen LogP contribution is 2.31. The van der Waals surface area contributed by atoms with E-state index in [1.165, 1.54) is 0 Å². The first-order valence-electron chi connectivity index (χ1n) is 6.12. The molecule has 0 spiro atoms. The van der Waals surface area contributed by atoms with Crippen LogP contribution in [0.3, 0.4) is 0 Å². The van der Waals surface area contributed by atoms with Gasteiger partial charge in [0.25, 0.3) is 0 Å². The summed E-state index contributed by atoms with van der Waals surface area (Å²) in [6.45, 7) is 4.89. The summed E-state index contributed by atoms with van der Waals surface area (Å²) < 4.78 is 11.7. The van der Waals surface area contributed by atoms with Gasteiger partial charge in [0.15, 0.2) is 0 Å². The zero-order valence-corrected chi connectivity index (χ0v) is 12.8. The Balaban J connectivity index is 2.22. The first-order chi connectivity index (χ1) is 9.10. The molecule has 2 aromatic rings. The fraction of sp³-hybridized carbons (Fsp3) is 0.357. The number of rotatable bonds is 5. The van der Waals surface area contributed by atoms with Gasteiger partial charge in [-0.25, -0.2) is 4.98 Å². The molecule has 2 rings (SSSR count). The third-order valence-corrected chi connectivity index (χ3v) is 3.34. The van der Waals surface area contributed by atoms with Crippen LogP contribution in [0.25, 0.3) is 11.5 Å². The minimum Gasteiger partial charge on any atom is -0.497 e. The molecule has 0 aliphatic carbocycles. The van der Waals surface area contributed by atoms with Crippen molar-refractivity contribution >= 4 is 15.9 Å². The van der Waals surface area contributed by atoms with Gasteiger partial charge in [-0.15, -0.1) is 0 Å².